The largest absolute Gasteiger partial charge is 0.454 e. The van der Waals surface area contributed by atoms with Gasteiger partial charge in [0.2, 0.25) is 0 Å². The number of hydrogen-bond acceptors (Lipinski definition) is 14. The van der Waals surface area contributed by atoms with Gasteiger partial charge in [0.25, 0.3) is 0 Å². The first-order valence-corrected chi connectivity index (χ1v) is 19.4. The highest BCUT2D eigenvalue weighted by atomic mass is 16.7. The molecule has 4 aromatic rings. The SMILES string of the molecule is C[C@H]1[C@H](OC(=O)c2ccccc2)[C@@H](OC(=O)c2ccccc2)[C@H](OCC2O[C@@H](OCCN=[N+]=[N-])[C@H](OC(=O)c3ccccc3)[C@@H](OC(=O)c3ccccc3)[C@@H]2C)O[C@@H]1CO. The van der Waals surface area contributed by atoms with Crippen LogP contribution in [0.2, 0.25) is 0 Å². The molecule has 0 aromatic heterocycles. The molecule has 16 heteroatoms. The average Bonchev–Trinajstić information content (AvgIpc) is 3.29. The third-order valence-corrected chi connectivity index (χ3v) is 10.2. The summed E-state index contributed by atoms with van der Waals surface area (Å²) >= 11 is 0. The molecule has 1 N–H and O–H groups in total. The second-order valence-electron chi connectivity index (χ2n) is 14.1. The number of hydrogen-bond donors (Lipinski definition) is 1. The summed E-state index contributed by atoms with van der Waals surface area (Å²) in [5.74, 6) is -4.36. The van der Waals surface area contributed by atoms with Gasteiger partial charge in [-0.2, -0.15) is 0 Å². The molecular formula is C44H45N3O13. The maximum absolute atomic E-state index is 13.6. The fourth-order valence-electron chi connectivity index (χ4n) is 6.85. The van der Waals surface area contributed by atoms with Gasteiger partial charge in [0.15, 0.2) is 24.8 Å². The molecule has 2 aliphatic rings. The van der Waals surface area contributed by atoms with Crippen LogP contribution in [0.3, 0.4) is 0 Å². The molecular weight excluding hydrogens is 778 g/mol. The second kappa shape index (κ2) is 21.2. The maximum Gasteiger partial charge on any atom is 0.338 e. The monoisotopic (exact) mass is 823 g/mol. The Bertz CT molecular complexity index is 2070. The van der Waals surface area contributed by atoms with Crippen molar-refractivity contribution >= 4 is 23.9 Å². The zero-order chi connectivity index (χ0) is 42.4. The van der Waals surface area contributed by atoms with E-state index in [1.165, 1.54) is 0 Å². The van der Waals surface area contributed by atoms with E-state index in [0.717, 1.165) is 0 Å². The Hall–Kier alpha value is -6.13. The normalized spacial score (nSPS) is 26.1. The molecule has 10 atom stereocenters. The van der Waals surface area contributed by atoms with Crippen LogP contribution in [0.1, 0.15) is 55.3 Å². The Morgan fingerprint density at radius 3 is 1.30 bits per heavy atom. The van der Waals surface area contributed by atoms with Crippen LogP contribution in [0.4, 0.5) is 0 Å². The average molecular weight is 824 g/mol. The van der Waals surface area contributed by atoms with E-state index in [9.17, 15) is 24.3 Å². The van der Waals surface area contributed by atoms with Crippen molar-refractivity contribution in [2.75, 3.05) is 26.4 Å². The van der Waals surface area contributed by atoms with Gasteiger partial charge in [0, 0.05) is 23.3 Å². The summed E-state index contributed by atoms with van der Waals surface area (Å²) in [6, 6.07) is 32.9. The Balaban J connectivity index is 1.30. The lowest BCUT2D eigenvalue weighted by Gasteiger charge is -2.46. The summed E-state index contributed by atoms with van der Waals surface area (Å²) < 4.78 is 49.0. The number of ether oxygens (including phenoxy) is 8. The quantitative estimate of drug-likeness (QED) is 0.0346. The molecule has 1 unspecified atom stereocenters. The summed E-state index contributed by atoms with van der Waals surface area (Å²) in [6.07, 6.45) is -9.77. The van der Waals surface area contributed by atoms with Gasteiger partial charge in [-0.05, 0) is 54.1 Å². The lowest BCUT2D eigenvalue weighted by atomic mass is 9.89. The number of aliphatic hydroxyl groups excluding tert-OH is 1. The van der Waals surface area contributed by atoms with Crippen molar-refractivity contribution in [2.24, 2.45) is 17.0 Å². The zero-order valence-electron chi connectivity index (χ0n) is 32.8. The van der Waals surface area contributed by atoms with Crippen molar-refractivity contribution in [1.29, 1.82) is 0 Å². The highest BCUT2D eigenvalue weighted by Crippen LogP contribution is 2.36. The van der Waals surface area contributed by atoms with E-state index >= 15 is 0 Å². The van der Waals surface area contributed by atoms with Crippen LogP contribution in [-0.2, 0) is 37.9 Å². The molecule has 6 rings (SSSR count). The molecule has 0 aliphatic carbocycles. The third-order valence-electron chi connectivity index (χ3n) is 10.2. The molecule has 0 amide bonds. The van der Waals surface area contributed by atoms with Crippen molar-refractivity contribution in [3.8, 4) is 0 Å². The minimum atomic E-state index is -1.43. The van der Waals surface area contributed by atoms with Crippen LogP contribution in [0.5, 0.6) is 0 Å². The minimum absolute atomic E-state index is 0.102. The molecule has 0 radical (unpaired) electrons. The fraction of sp³-hybridized carbons (Fsp3) is 0.364. The molecule has 0 bridgehead atoms. The number of carbonyl (C=O) groups is 4. The Labute approximate surface area is 345 Å². The standard InChI is InChI=1S/C44H45N3O13/c1-27-33(25-48)55-44(38(60-42(52)32-21-13-6-14-22-32)35(27)57-39(49)29-15-7-3-8-16-29)54-26-34-28(2)36(58-40(50)30-17-9-4-10-18-30)37(43(56-34)53-24-23-46-47-45)59-41(51)31-19-11-5-12-20-31/h3-22,27-28,33-38,43-44,48H,23-26H2,1-2H3/t27-,28-,33-,34?,35+,36+,37-,38-,43-,44-/m1/s1. The fourth-order valence-corrected chi connectivity index (χ4v) is 6.85. The van der Waals surface area contributed by atoms with E-state index in [2.05, 4.69) is 10.0 Å². The predicted molar refractivity (Wildman–Crippen MR) is 211 cm³/mol. The molecule has 0 spiro atoms. The molecule has 4 aromatic carbocycles. The summed E-state index contributed by atoms with van der Waals surface area (Å²) in [4.78, 5) is 56.9. The van der Waals surface area contributed by atoms with Crippen LogP contribution in [-0.4, -0.2) is 105 Å². The summed E-state index contributed by atoms with van der Waals surface area (Å²) in [5, 5.41) is 13.9. The van der Waals surface area contributed by atoms with E-state index in [1.807, 2.05) is 0 Å². The van der Waals surface area contributed by atoms with E-state index < -0.39 is 91.5 Å². The summed E-state index contributed by atoms with van der Waals surface area (Å²) in [5.41, 5.74) is 9.79. The number of esters is 4. The van der Waals surface area contributed by atoms with Gasteiger partial charge < -0.3 is 43.0 Å². The van der Waals surface area contributed by atoms with Crippen molar-refractivity contribution in [3.05, 3.63) is 154 Å². The molecule has 2 saturated heterocycles. The smallest absolute Gasteiger partial charge is 0.338 e. The second-order valence-corrected chi connectivity index (χ2v) is 14.1. The lowest BCUT2D eigenvalue weighted by Crippen LogP contribution is -2.60. The zero-order valence-corrected chi connectivity index (χ0v) is 32.8. The van der Waals surface area contributed by atoms with Crippen LogP contribution in [0.25, 0.3) is 10.4 Å². The number of rotatable bonds is 16. The number of aliphatic hydroxyl groups is 1. The Morgan fingerprint density at radius 1 is 0.567 bits per heavy atom. The Morgan fingerprint density at radius 2 is 0.917 bits per heavy atom. The highest BCUT2D eigenvalue weighted by Gasteiger charge is 2.52. The molecule has 2 fully saturated rings. The van der Waals surface area contributed by atoms with Crippen molar-refractivity contribution in [3.63, 3.8) is 0 Å². The van der Waals surface area contributed by atoms with Crippen LogP contribution in [0, 0.1) is 11.8 Å². The van der Waals surface area contributed by atoms with Crippen molar-refractivity contribution in [1.82, 2.24) is 0 Å². The van der Waals surface area contributed by atoms with Crippen LogP contribution < -0.4 is 0 Å². The highest BCUT2D eigenvalue weighted by molar-refractivity contribution is 5.91. The first kappa shape index (κ1) is 43.4. The number of carbonyl (C=O) groups excluding carboxylic acids is 4. The number of azide groups is 1. The van der Waals surface area contributed by atoms with Gasteiger partial charge in [-0.25, -0.2) is 19.2 Å². The molecule has 16 nitrogen and oxygen atoms in total. The first-order chi connectivity index (χ1) is 29.2. The maximum atomic E-state index is 13.6. The minimum Gasteiger partial charge on any atom is -0.454 e. The van der Waals surface area contributed by atoms with E-state index in [-0.39, 0.29) is 42.0 Å². The van der Waals surface area contributed by atoms with Gasteiger partial charge >= 0.3 is 23.9 Å². The molecule has 2 aliphatic heterocycles. The summed E-state index contributed by atoms with van der Waals surface area (Å²) in [7, 11) is 0. The number of nitrogens with zero attached hydrogens (tertiary/aromatic N) is 3. The topological polar surface area (TPSA) is 211 Å². The van der Waals surface area contributed by atoms with Gasteiger partial charge in [-0.3, -0.25) is 0 Å². The van der Waals surface area contributed by atoms with Gasteiger partial charge in [0.1, 0.15) is 12.2 Å². The van der Waals surface area contributed by atoms with Crippen LogP contribution in [0.15, 0.2) is 126 Å². The lowest BCUT2D eigenvalue weighted by molar-refractivity contribution is -0.317. The molecule has 0 saturated carbocycles. The number of benzene rings is 4. The molecule has 60 heavy (non-hydrogen) atoms. The Kier molecular flexibility index (Phi) is 15.4. The van der Waals surface area contributed by atoms with Gasteiger partial charge in [0.05, 0.1) is 54.3 Å². The van der Waals surface area contributed by atoms with E-state index in [0.29, 0.717) is 0 Å². The third kappa shape index (κ3) is 10.9. The predicted octanol–water partition coefficient (Wildman–Crippen LogP) is 5.95. The molecule has 314 valence electrons. The van der Waals surface area contributed by atoms with Crippen molar-refractivity contribution < 1.29 is 62.2 Å². The van der Waals surface area contributed by atoms with E-state index in [4.69, 9.17) is 43.4 Å². The first-order valence-electron chi connectivity index (χ1n) is 19.4. The van der Waals surface area contributed by atoms with Crippen molar-refractivity contribution in [2.45, 2.75) is 63.1 Å². The van der Waals surface area contributed by atoms with Gasteiger partial charge in [-0.1, -0.05) is 91.8 Å². The van der Waals surface area contributed by atoms with Gasteiger partial charge in [-0.15, -0.1) is 0 Å². The van der Waals surface area contributed by atoms with Crippen LogP contribution >= 0.6 is 0 Å². The van der Waals surface area contributed by atoms with E-state index in [1.54, 1.807) is 135 Å². The summed E-state index contributed by atoms with van der Waals surface area (Å²) in [6.45, 7) is 2.30. The molecule has 2 heterocycles.